The molecule has 124 valence electrons. The van der Waals surface area contributed by atoms with Gasteiger partial charge in [0.25, 0.3) is 0 Å². The fraction of sp³-hybridized carbons (Fsp3) is 1.00. The molecular weight excluding hydrogens is 256 g/mol. The first-order valence-corrected chi connectivity index (χ1v) is 9.46. The molecule has 0 radical (unpaired) electrons. The van der Waals surface area contributed by atoms with Gasteiger partial charge in [0.2, 0.25) is 0 Å². The smallest absolute Gasteiger partial charge is 0.0123 e. The molecule has 0 aromatic carbocycles. The highest BCUT2D eigenvalue weighted by molar-refractivity contribution is 4.87. The number of piperidine rings is 1. The Morgan fingerprint density at radius 2 is 1.76 bits per heavy atom. The third kappa shape index (κ3) is 4.96. The van der Waals surface area contributed by atoms with Gasteiger partial charge in [0, 0.05) is 6.04 Å². The second kappa shape index (κ2) is 7.97. The van der Waals surface area contributed by atoms with Crippen LogP contribution in [0.2, 0.25) is 0 Å². The molecule has 1 aliphatic carbocycles. The third-order valence-electron chi connectivity index (χ3n) is 6.10. The Balaban J connectivity index is 1.78. The summed E-state index contributed by atoms with van der Waals surface area (Å²) >= 11 is 0. The minimum Gasteiger partial charge on any atom is -0.330 e. The molecule has 2 N–H and O–H groups in total. The summed E-state index contributed by atoms with van der Waals surface area (Å²) in [7, 11) is 0. The lowest BCUT2D eigenvalue weighted by atomic mass is 9.75. The lowest BCUT2D eigenvalue weighted by Crippen LogP contribution is -2.47. The van der Waals surface area contributed by atoms with E-state index in [1.165, 1.54) is 70.9 Å². The molecule has 2 heteroatoms. The van der Waals surface area contributed by atoms with Gasteiger partial charge < -0.3 is 10.6 Å². The predicted octanol–water partition coefficient (Wildman–Crippen LogP) is 4.43. The monoisotopic (exact) mass is 294 g/mol. The molecule has 3 atom stereocenters. The van der Waals surface area contributed by atoms with E-state index in [0.717, 1.165) is 24.4 Å². The number of rotatable bonds is 6. The van der Waals surface area contributed by atoms with Crippen molar-refractivity contribution in [2.24, 2.45) is 23.0 Å². The van der Waals surface area contributed by atoms with Crippen molar-refractivity contribution in [3.05, 3.63) is 0 Å². The predicted molar refractivity (Wildman–Crippen MR) is 92.4 cm³/mol. The molecule has 1 saturated heterocycles. The van der Waals surface area contributed by atoms with Gasteiger partial charge in [0.05, 0.1) is 0 Å². The summed E-state index contributed by atoms with van der Waals surface area (Å²) in [4.78, 5) is 2.84. The highest BCUT2D eigenvalue weighted by Crippen LogP contribution is 2.36. The quantitative estimate of drug-likeness (QED) is 0.785. The van der Waals surface area contributed by atoms with E-state index in [0.29, 0.717) is 5.41 Å². The summed E-state index contributed by atoms with van der Waals surface area (Å²) in [6, 6.07) is 0.926. The largest absolute Gasteiger partial charge is 0.330 e. The van der Waals surface area contributed by atoms with Crippen molar-refractivity contribution in [1.29, 1.82) is 0 Å². The van der Waals surface area contributed by atoms with Gasteiger partial charge >= 0.3 is 0 Å². The molecule has 1 aliphatic heterocycles. The first kappa shape index (κ1) is 17.3. The topological polar surface area (TPSA) is 29.3 Å². The van der Waals surface area contributed by atoms with Crippen LogP contribution in [-0.4, -0.2) is 30.6 Å². The Kier molecular flexibility index (Phi) is 6.55. The van der Waals surface area contributed by atoms with Gasteiger partial charge in [-0.05, 0) is 81.8 Å². The molecule has 0 bridgehead atoms. The summed E-state index contributed by atoms with van der Waals surface area (Å²) in [5, 5.41) is 0. The highest BCUT2D eigenvalue weighted by Gasteiger charge is 2.33. The maximum absolute atomic E-state index is 5.82. The third-order valence-corrected chi connectivity index (χ3v) is 6.10. The van der Waals surface area contributed by atoms with Crippen LogP contribution < -0.4 is 5.73 Å². The molecule has 0 amide bonds. The van der Waals surface area contributed by atoms with Crippen molar-refractivity contribution in [1.82, 2.24) is 4.90 Å². The fourth-order valence-corrected chi connectivity index (χ4v) is 4.76. The Morgan fingerprint density at radius 1 is 1.05 bits per heavy atom. The zero-order chi connectivity index (χ0) is 15.3. The molecule has 1 unspecified atom stereocenters. The average molecular weight is 295 g/mol. The normalized spacial score (nSPS) is 29.1. The van der Waals surface area contributed by atoms with Crippen molar-refractivity contribution < 1.29 is 0 Å². The van der Waals surface area contributed by atoms with E-state index in [9.17, 15) is 0 Å². The van der Waals surface area contributed by atoms with Crippen LogP contribution >= 0.6 is 0 Å². The number of hydrogen-bond acceptors (Lipinski definition) is 2. The van der Waals surface area contributed by atoms with Gasteiger partial charge in [0.15, 0.2) is 0 Å². The average Bonchev–Trinajstić information content (AvgIpc) is 2.45. The van der Waals surface area contributed by atoms with E-state index >= 15 is 0 Å². The minimum absolute atomic E-state index is 0.411. The Labute approximate surface area is 132 Å². The van der Waals surface area contributed by atoms with Gasteiger partial charge in [-0.3, -0.25) is 0 Å². The minimum atomic E-state index is 0.411. The molecule has 21 heavy (non-hydrogen) atoms. The van der Waals surface area contributed by atoms with Crippen LogP contribution in [0.3, 0.4) is 0 Å². The second-order valence-corrected chi connectivity index (χ2v) is 8.57. The van der Waals surface area contributed by atoms with E-state index in [2.05, 4.69) is 25.7 Å². The van der Waals surface area contributed by atoms with Crippen LogP contribution in [0.1, 0.15) is 78.6 Å². The van der Waals surface area contributed by atoms with Crippen LogP contribution in [0.25, 0.3) is 0 Å². The molecular formula is C19H38N2. The molecule has 0 spiro atoms. The molecule has 2 rings (SSSR count). The summed E-state index contributed by atoms with van der Waals surface area (Å²) in [6.45, 7) is 10.7. The molecule has 0 aromatic rings. The van der Waals surface area contributed by atoms with Crippen molar-refractivity contribution >= 4 is 0 Å². The SMILES string of the molecule is CC(C)(C)C(CCN)CCCN1CCC[C@H]2CCCC[C@H]21. The summed E-state index contributed by atoms with van der Waals surface area (Å²) in [6.07, 6.45) is 12.8. The van der Waals surface area contributed by atoms with E-state index in [1.807, 2.05) is 0 Å². The second-order valence-electron chi connectivity index (χ2n) is 8.57. The fourth-order valence-electron chi connectivity index (χ4n) is 4.76. The van der Waals surface area contributed by atoms with Gasteiger partial charge in [-0.2, -0.15) is 0 Å². The van der Waals surface area contributed by atoms with Crippen molar-refractivity contribution in [2.45, 2.75) is 84.6 Å². The van der Waals surface area contributed by atoms with Crippen molar-refractivity contribution in [3.63, 3.8) is 0 Å². The summed E-state index contributed by atoms with van der Waals surface area (Å²) in [5.74, 6) is 1.81. The van der Waals surface area contributed by atoms with Crippen LogP contribution in [0.15, 0.2) is 0 Å². The van der Waals surface area contributed by atoms with Gasteiger partial charge in [-0.25, -0.2) is 0 Å². The maximum atomic E-state index is 5.82. The Morgan fingerprint density at radius 3 is 2.48 bits per heavy atom. The zero-order valence-corrected chi connectivity index (χ0v) is 14.7. The molecule has 1 saturated carbocycles. The maximum Gasteiger partial charge on any atom is 0.0123 e. The molecule has 2 nitrogen and oxygen atoms in total. The first-order chi connectivity index (χ1) is 10.0. The number of likely N-dealkylation sites (tertiary alicyclic amines) is 1. The zero-order valence-electron chi connectivity index (χ0n) is 14.7. The van der Waals surface area contributed by atoms with Crippen LogP contribution in [0.5, 0.6) is 0 Å². The van der Waals surface area contributed by atoms with E-state index in [1.54, 1.807) is 0 Å². The van der Waals surface area contributed by atoms with Crippen LogP contribution in [-0.2, 0) is 0 Å². The summed E-state index contributed by atoms with van der Waals surface area (Å²) in [5.41, 5.74) is 6.23. The van der Waals surface area contributed by atoms with E-state index in [-0.39, 0.29) is 0 Å². The van der Waals surface area contributed by atoms with Gasteiger partial charge in [-0.15, -0.1) is 0 Å². The van der Waals surface area contributed by atoms with Gasteiger partial charge in [-0.1, -0.05) is 33.6 Å². The lowest BCUT2D eigenvalue weighted by Gasteiger charge is -2.44. The molecule has 0 aromatic heterocycles. The summed E-state index contributed by atoms with van der Waals surface area (Å²) < 4.78 is 0. The van der Waals surface area contributed by atoms with Crippen molar-refractivity contribution in [3.8, 4) is 0 Å². The number of nitrogens with zero attached hydrogens (tertiary/aromatic N) is 1. The Hall–Kier alpha value is -0.0800. The Bertz CT molecular complexity index is 292. The molecule has 2 aliphatic rings. The van der Waals surface area contributed by atoms with Crippen LogP contribution in [0.4, 0.5) is 0 Å². The standard InChI is InChI=1S/C19H38N2/c1-19(2,3)17(12-13-20)10-7-15-21-14-6-9-16-8-4-5-11-18(16)21/h16-18H,4-15,20H2,1-3H3/t16-,17?,18-/m1/s1. The van der Waals surface area contributed by atoms with Crippen LogP contribution in [0, 0.1) is 17.3 Å². The number of fused-ring (bicyclic) bond motifs is 1. The molecule has 1 heterocycles. The van der Waals surface area contributed by atoms with E-state index in [4.69, 9.17) is 5.73 Å². The number of hydrogen-bond donors (Lipinski definition) is 1. The van der Waals surface area contributed by atoms with Gasteiger partial charge in [0.1, 0.15) is 0 Å². The lowest BCUT2D eigenvalue weighted by molar-refractivity contribution is 0.0565. The highest BCUT2D eigenvalue weighted by atomic mass is 15.2. The van der Waals surface area contributed by atoms with E-state index < -0.39 is 0 Å². The number of nitrogens with two attached hydrogens (primary N) is 1. The first-order valence-electron chi connectivity index (χ1n) is 9.46. The van der Waals surface area contributed by atoms with Crippen molar-refractivity contribution in [2.75, 3.05) is 19.6 Å². The molecule has 2 fully saturated rings.